The zero-order chi connectivity index (χ0) is 6.99. The minimum atomic E-state index is 0.678. The molecule has 3 heteroatoms. The summed E-state index contributed by atoms with van der Waals surface area (Å²) in [7, 11) is 0. The van der Waals surface area contributed by atoms with E-state index in [1.54, 1.807) is 6.92 Å². The van der Waals surface area contributed by atoms with Gasteiger partial charge in [-0.3, -0.25) is 6.20 Å². The third kappa shape index (κ3) is 16.0. The van der Waals surface area contributed by atoms with Gasteiger partial charge in [0.1, 0.15) is 0 Å². The summed E-state index contributed by atoms with van der Waals surface area (Å²) in [5.74, 6) is 0. The van der Waals surface area contributed by atoms with E-state index in [2.05, 4.69) is 20.3 Å². The quantitative estimate of drug-likeness (QED) is 0.429. The molecule has 0 unspecified atom stereocenters. The van der Waals surface area contributed by atoms with Crippen molar-refractivity contribution in [2.24, 2.45) is 5.73 Å². The van der Waals surface area contributed by atoms with Crippen molar-refractivity contribution < 1.29 is 30.9 Å². The van der Waals surface area contributed by atoms with Gasteiger partial charge in [-0.1, -0.05) is 0 Å². The monoisotopic (exact) mass is 316 g/mol. The number of rotatable bonds is 1. The molecule has 0 spiro atoms. The van der Waals surface area contributed by atoms with Crippen LogP contribution in [-0.2, 0) is 30.9 Å². The Balaban J connectivity index is 0. The fourth-order valence-corrected chi connectivity index (χ4v) is 0.131. The minimum absolute atomic E-state index is 0.678. The molecule has 0 atom stereocenters. The fourth-order valence-electron chi connectivity index (χ4n) is 0.131. The third-order valence-electron chi connectivity index (χ3n) is 0.311. The Morgan fingerprint density at radius 1 is 1.88 bits per heavy atom. The van der Waals surface area contributed by atoms with E-state index in [1.165, 1.54) is 22.9 Å². The Labute approximate surface area is 67.8 Å². The van der Waals surface area contributed by atoms with Gasteiger partial charge in [-0.15, -0.1) is 6.92 Å². The van der Waals surface area contributed by atoms with Gasteiger partial charge in [0.05, 0.1) is 0 Å². The summed E-state index contributed by atoms with van der Waals surface area (Å²) in [5, 5.41) is 0. The molecule has 0 saturated carbocycles. The van der Waals surface area contributed by atoms with Crippen molar-refractivity contribution in [2.75, 3.05) is 0 Å². The predicted molar refractivity (Wildman–Crippen MR) is 25.5 cm³/mol. The van der Waals surface area contributed by atoms with E-state index in [0.29, 0.717) is 5.57 Å². The van der Waals surface area contributed by atoms with Crippen LogP contribution in [0.1, 0.15) is 6.92 Å². The van der Waals surface area contributed by atoms with Crippen molar-refractivity contribution in [2.45, 2.75) is 6.92 Å². The average molecular weight is 316 g/mol. The first-order valence-electron chi connectivity index (χ1n) is 1.84. The summed E-state index contributed by atoms with van der Waals surface area (Å²) in [4.78, 5) is 0. The summed E-state index contributed by atoms with van der Waals surface area (Å²) in [6, 6.07) is 0. The molecule has 0 aromatic rings. The van der Waals surface area contributed by atoms with E-state index in [1.807, 2.05) is 0 Å². The molecule has 0 aromatic heterocycles. The van der Waals surface area contributed by atoms with E-state index >= 15 is 0 Å². The van der Waals surface area contributed by atoms with E-state index in [-0.39, 0.29) is 0 Å². The summed E-state index contributed by atoms with van der Waals surface area (Å²) in [6.07, 6.45) is 3.79. The Hall–Kier alpha value is 0.553. The second kappa shape index (κ2) is 10.5. The second-order valence-corrected chi connectivity index (χ2v) is 1.06. The maximum absolute atomic E-state index is 5.12. The van der Waals surface area contributed by atoms with Gasteiger partial charge in [0.2, 0.25) is 0 Å². The number of hydrogen-bond donors (Lipinski definition) is 1. The first-order valence-corrected chi connectivity index (χ1v) is 7.82. The first-order chi connectivity index (χ1) is 3.77. The van der Waals surface area contributed by atoms with Gasteiger partial charge in [-0.25, -0.2) is 0 Å². The number of allylic oxidation sites excluding steroid dienone is 2. The predicted octanol–water partition coefficient (Wildman–Crippen LogP) is 0.636. The molecule has 45 valence electrons. The molecule has 0 aliphatic heterocycles. The topological polar surface area (TPSA) is 26.0 Å². The summed E-state index contributed by atoms with van der Waals surface area (Å²) < 4.78 is 0. The van der Waals surface area contributed by atoms with Crippen LogP contribution >= 0.6 is 0 Å². The van der Waals surface area contributed by atoms with Crippen LogP contribution in [0.2, 0.25) is 0 Å². The van der Waals surface area contributed by atoms with Gasteiger partial charge in [-0.2, -0.15) is 0 Å². The van der Waals surface area contributed by atoms with Gasteiger partial charge in [0.25, 0.3) is 0 Å². The van der Waals surface area contributed by atoms with Gasteiger partial charge in [0, 0.05) is 0 Å². The molecule has 0 radical (unpaired) electrons. The van der Waals surface area contributed by atoms with Crippen LogP contribution in [0.5, 0.6) is 0 Å². The molecule has 0 amide bonds. The van der Waals surface area contributed by atoms with E-state index in [9.17, 15) is 0 Å². The van der Waals surface area contributed by atoms with Crippen molar-refractivity contribution in [3.63, 3.8) is 0 Å². The maximum atomic E-state index is 5.12. The molecule has 0 aliphatic carbocycles. The molecule has 0 aromatic carbocycles. The summed E-state index contributed by atoms with van der Waals surface area (Å²) >= 11 is 3.92. The van der Waals surface area contributed by atoms with Crippen LogP contribution in [0, 0.1) is 12.8 Å². The summed E-state index contributed by atoms with van der Waals surface area (Å²) in [6.45, 7) is 6.87. The molecule has 0 aliphatic rings. The molecule has 0 rings (SSSR count). The molecule has 0 fully saturated rings. The molecular weight excluding hydrogens is 309 g/mol. The second-order valence-electron chi connectivity index (χ2n) is 1.06. The number of nitrogens with two attached hydrogens (primary N) is 1. The van der Waals surface area contributed by atoms with Crippen LogP contribution in [-0.4, -0.2) is 0 Å². The van der Waals surface area contributed by atoms with Crippen molar-refractivity contribution in [3.8, 4) is 0 Å². The Kier molecular flexibility index (Phi) is 14.9. The van der Waals surface area contributed by atoms with Gasteiger partial charge < -0.3 is 24.0 Å². The van der Waals surface area contributed by atoms with Crippen molar-refractivity contribution in [1.29, 1.82) is 0 Å². The van der Waals surface area contributed by atoms with Crippen molar-refractivity contribution in [1.82, 2.24) is 0 Å². The third-order valence-corrected chi connectivity index (χ3v) is 0.311. The standard InChI is InChI=1S/C5H7N.V.W/c1-5(2)3-4-6;;/h1,3H,6H2,2H3;;/q-2;;. The molecule has 0 bridgehead atoms. The van der Waals surface area contributed by atoms with Crippen LogP contribution in [0.4, 0.5) is 0 Å². The van der Waals surface area contributed by atoms with Gasteiger partial charge in [0.15, 0.2) is 0 Å². The SMILES string of the molecule is [CH-]=C(C)C=[C-]N.[V]=[W]. The van der Waals surface area contributed by atoms with E-state index in [4.69, 9.17) is 12.3 Å². The van der Waals surface area contributed by atoms with Crippen LogP contribution in [0.3, 0.4) is 0 Å². The van der Waals surface area contributed by atoms with Crippen LogP contribution in [0.15, 0.2) is 11.6 Å². The van der Waals surface area contributed by atoms with Gasteiger partial charge in [-0.05, 0) is 0 Å². The molecular formula is C5H7NVW-2. The molecule has 2 N–H and O–H groups in total. The van der Waals surface area contributed by atoms with Crippen molar-refractivity contribution >= 4 is 0 Å². The Morgan fingerprint density at radius 3 is 2.25 bits per heavy atom. The molecule has 0 heterocycles. The molecule has 8 heavy (non-hydrogen) atoms. The van der Waals surface area contributed by atoms with E-state index in [0.717, 1.165) is 0 Å². The van der Waals surface area contributed by atoms with Crippen LogP contribution < -0.4 is 5.73 Å². The fraction of sp³-hybridized carbons (Fsp3) is 0.200. The van der Waals surface area contributed by atoms with Crippen LogP contribution in [0.25, 0.3) is 0 Å². The first kappa shape index (κ1) is 11.4. The summed E-state index contributed by atoms with van der Waals surface area (Å²) in [5.41, 5.74) is 5.50. The zero-order valence-corrected chi connectivity index (χ0v) is 8.92. The number of hydrogen-bond acceptors (Lipinski definition) is 1. The molecule has 1 nitrogen and oxygen atoms in total. The zero-order valence-electron chi connectivity index (χ0n) is 4.59. The van der Waals surface area contributed by atoms with Crippen molar-refractivity contribution in [3.05, 3.63) is 24.4 Å². The van der Waals surface area contributed by atoms with E-state index < -0.39 is 0 Å². The average Bonchev–Trinajstić information content (AvgIpc) is 1.72. The normalized spacial score (nSPS) is 7.50. The van der Waals surface area contributed by atoms with Gasteiger partial charge >= 0.3 is 30.9 Å². The molecule has 0 saturated heterocycles. The Bertz CT molecular complexity index is 90.4. The Morgan fingerprint density at radius 2 is 2.25 bits per heavy atom.